The van der Waals surface area contributed by atoms with E-state index in [1.165, 1.54) is 0 Å². The molecule has 24 heavy (non-hydrogen) atoms. The van der Waals surface area contributed by atoms with Crippen LogP contribution >= 0.6 is 12.6 Å². The van der Waals surface area contributed by atoms with Gasteiger partial charge in [-0.05, 0) is 17.2 Å². The van der Waals surface area contributed by atoms with Gasteiger partial charge in [-0.1, -0.05) is 54.6 Å². The van der Waals surface area contributed by atoms with Gasteiger partial charge in [0.05, 0.1) is 11.3 Å². The van der Waals surface area contributed by atoms with Gasteiger partial charge in [-0.25, -0.2) is 0 Å². The van der Waals surface area contributed by atoms with Crippen molar-refractivity contribution in [2.24, 2.45) is 0 Å². The Labute approximate surface area is 144 Å². The van der Waals surface area contributed by atoms with Crippen LogP contribution in [-0.4, -0.2) is 11.6 Å². The molecule has 1 aliphatic carbocycles. The van der Waals surface area contributed by atoms with Gasteiger partial charge in [0.2, 0.25) is 0 Å². The molecular formula is C20H13NO2S. The quantitative estimate of drug-likeness (QED) is 0.409. The molecule has 0 aliphatic heterocycles. The van der Waals surface area contributed by atoms with Crippen LogP contribution in [0.25, 0.3) is 11.1 Å². The Morgan fingerprint density at radius 1 is 0.708 bits per heavy atom. The molecule has 0 amide bonds. The van der Waals surface area contributed by atoms with E-state index >= 15 is 0 Å². The zero-order valence-corrected chi connectivity index (χ0v) is 13.5. The zero-order valence-electron chi connectivity index (χ0n) is 12.6. The summed E-state index contributed by atoms with van der Waals surface area (Å²) in [6.45, 7) is 0. The van der Waals surface area contributed by atoms with Gasteiger partial charge < -0.3 is 5.73 Å². The van der Waals surface area contributed by atoms with Crippen molar-refractivity contribution in [2.75, 3.05) is 5.73 Å². The highest BCUT2D eigenvalue weighted by Crippen LogP contribution is 2.40. The SMILES string of the molecule is Nc1c(S)cc(-c2ccccc2)c2c1C(=O)c1ccccc1C2=O. The number of nitrogens with two attached hydrogens (primary N) is 1. The maximum atomic E-state index is 13.1. The predicted octanol–water partition coefficient (Wildman–Crippen LogP) is 4.00. The van der Waals surface area contributed by atoms with Gasteiger partial charge in [-0.3, -0.25) is 9.59 Å². The summed E-state index contributed by atoms with van der Waals surface area (Å²) in [6.07, 6.45) is 0. The summed E-state index contributed by atoms with van der Waals surface area (Å²) < 4.78 is 0. The number of benzene rings is 3. The van der Waals surface area contributed by atoms with E-state index in [1.54, 1.807) is 30.3 Å². The van der Waals surface area contributed by atoms with Gasteiger partial charge in [0.25, 0.3) is 0 Å². The standard InChI is InChI=1S/C20H13NO2S/c21-18-15(24)10-14(11-6-2-1-3-7-11)16-17(18)20(23)13-9-5-4-8-12(13)19(16)22/h1-10,24H,21H2. The first-order chi connectivity index (χ1) is 11.6. The smallest absolute Gasteiger partial charge is 0.196 e. The Kier molecular flexibility index (Phi) is 3.28. The monoisotopic (exact) mass is 331 g/mol. The number of anilines is 1. The van der Waals surface area contributed by atoms with Gasteiger partial charge in [0.1, 0.15) is 0 Å². The second-order valence-electron chi connectivity index (χ2n) is 5.68. The van der Waals surface area contributed by atoms with Gasteiger partial charge >= 0.3 is 0 Å². The molecule has 0 unspecified atom stereocenters. The molecule has 0 bridgehead atoms. The zero-order chi connectivity index (χ0) is 16.8. The minimum absolute atomic E-state index is 0.181. The Hall–Kier alpha value is -2.85. The number of thiol groups is 1. The number of fused-ring (bicyclic) bond motifs is 2. The molecular weight excluding hydrogens is 318 g/mol. The Balaban J connectivity index is 2.10. The third-order valence-electron chi connectivity index (χ3n) is 4.30. The molecule has 0 saturated heterocycles. The molecule has 0 fully saturated rings. The largest absolute Gasteiger partial charge is 0.397 e. The van der Waals surface area contributed by atoms with Crippen molar-refractivity contribution in [3.8, 4) is 11.1 Å². The maximum absolute atomic E-state index is 13.1. The van der Waals surface area contributed by atoms with Crippen molar-refractivity contribution in [1.82, 2.24) is 0 Å². The molecule has 1 aliphatic rings. The summed E-state index contributed by atoms with van der Waals surface area (Å²) in [5.74, 6) is -0.412. The van der Waals surface area contributed by atoms with Crippen molar-refractivity contribution in [1.29, 1.82) is 0 Å². The topological polar surface area (TPSA) is 60.2 Å². The predicted molar refractivity (Wildman–Crippen MR) is 96.8 cm³/mol. The molecule has 3 nitrogen and oxygen atoms in total. The lowest BCUT2D eigenvalue weighted by molar-refractivity contribution is 0.0980. The maximum Gasteiger partial charge on any atom is 0.196 e. The van der Waals surface area contributed by atoms with E-state index in [0.717, 1.165) is 5.56 Å². The summed E-state index contributed by atoms with van der Waals surface area (Å²) in [6, 6.07) is 18.1. The van der Waals surface area contributed by atoms with Crippen molar-refractivity contribution in [3.63, 3.8) is 0 Å². The van der Waals surface area contributed by atoms with Gasteiger partial charge in [-0.2, -0.15) is 0 Å². The fourth-order valence-corrected chi connectivity index (χ4v) is 3.39. The number of carbonyl (C=O) groups excluding carboxylic acids is 2. The number of carbonyl (C=O) groups is 2. The van der Waals surface area contributed by atoms with Gasteiger partial charge in [0, 0.05) is 21.6 Å². The summed E-state index contributed by atoms with van der Waals surface area (Å²) in [5, 5.41) is 0. The summed E-state index contributed by atoms with van der Waals surface area (Å²) in [7, 11) is 0. The highest BCUT2D eigenvalue weighted by molar-refractivity contribution is 7.80. The van der Waals surface area contributed by atoms with E-state index in [-0.39, 0.29) is 22.8 Å². The highest BCUT2D eigenvalue weighted by Gasteiger charge is 2.34. The number of ketones is 2. The first-order valence-electron chi connectivity index (χ1n) is 7.49. The number of nitrogen functional groups attached to an aromatic ring is 1. The van der Waals surface area contributed by atoms with Crippen LogP contribution in [0.4, 0.5) is 5.69 Å². The molecule has 4 heteroatoms. The first kappa shape index (κ1) is 14.7. The molecule has 0 spiro atoms. The van der Waals surface area contributed by atoms with Crippen molar-refractivity contribution in [3.05, 3.63) is 82.9 Å². The van der Waals surface area contributed by atoms with E-state index in [9.17, 15) is 9.59 Å². The van der Waals surface area contributed by atoms with Gasteiger partial charge in [0.15, 0.2) is 11.6 Å². The molecule has 3 aromatic carbocycles. The van der Waals surface area contributed by atoms with E-state index in [1.807, 2.05) is 30.3 Å². The van der Waals surface area contributed by atoms with E-state index in [0.29, 0.717) is 27.1 Å². The molecule has 0 radical (unpaired) electrons. The second kappa shape index (κ2) is 5.35. The molecule has 3 aromatic rings. The van der Waals surface area contributed by atoms with Crippen molar-refractivity contribution < 1.29 is 9.59 Å². The summed E-state index contributed by atoms with van der Waals surface area (Å²) in [4.78, 5) is 26.5. The fraction of sp³-hybridized carbons (Fsp3) is 0. The van der Waals surface area contributed by atoms with Crippen LogP contribution in [0.15, 0.2) is 65.6 Å². The van der Waals surface area contributed by atoms with Crippen LogP contribution in [0.1, 0.15) is 31.8 Å². The highest BCUT2D eigenvalue weighted by atomic mass is 32.1. The van der Waals surface area contributed by atoms with Crippen LogP contribution < -0.4 is 5.73 Å². The molecule has 0 heterocycles. The van der Waals surface area contributed by atoms with Crippen molar-refractivity contribution >= 4 is 29.9 Å². The Morgan fingerprint density at radius 2 is 1.25 bits per heavy atom. The van der Waals surface area contributed by atoms with E-state index in [2.05, 4.69) is 12.6 Å². The number of rotatable bonds is 1. The van der Waals surface area contributed by atoms with Crippen LogP contribution in [0.3, 0.4) is 0 Å². The lowest BCUT2D eigenvalue weighted by Crippen LogP contribution is -2.23. The fourth-order valence-electron chi connectivity index (χ4n) is 3.15. The van der Waals surface area contributed by atoms with Crippen LogP contribution in [-0.2, 0) is 0 Å². The normalized spacial score (nSPS) is 12.7. The number of hydrogen-bond acceptors (Lipinski definition) is 4. The third-order valence-corrected chi connectivity index (χ3v) is 4.67. The minimum Gasteiger partial charge on any atom is -0.397 e. The molecule has 116 valence electrons. The van der Waals surface area contributed by atoms with Crippen LogP contribution in [0.2, 0.25) is 0 Å². The molecule has 0 atom stereocenters. The lowest BCUT2D eigenvalue weighted by Gasteiger charge is -2.23. The second-order valence-corrected chi connectivity index (χ2v) is 6.16. The lowest BCUT2D eigenvalue weighted by atomic mass is 9.79. The van der Waals surface area contributed by atoms with Crippen LogP contribution in [0.5, 0.6) is 0 Å². The average Bonchev–Trinajstić information content (AvgIpc) is 2.62. The van der Waals surface area contributed by atoms with E-state index < -0.39 is 0 Å². The third kappa shape index (κ3) is 2.00. The summed E-state index contributed by atoms with van der Waals surface area (Å²) in [5.41, 5.74) is 9.31. The molecule has 0 aromatic heterocycles. The average molecular weight is 331 g/mol. The first-order valence-corrected chi connectivity index (χ1v) is 7.93. The van der Waals surface area contributed by atoms with Gasteiger partial charge in [-0.15, -0.1) is 12.6 Å². The van der Waals surface area contributed by atoms with Crippen molar-refractivity contribution in [2.45, 2.75) is 4.90 Å². The van der Waals surface area contributed by atoms with E-state index in [4.69, 9.17) is 5.73 Å². The minimum atomic E-state index is -0.231. The summed E-state index contributed by atoms with van der Waals surface area (Å²) >= 11 is 4.40. The molecule has 4 rings (SSSR count). The molecule has 2 N–H and O–H groups in total. The Morgan fingerprint density at radius 3 is 1.88 bits per heavy atom. The molecule has 0 saturated carbocycles. The Bertz CT molecular complexity index is 1010. The number of hydrogen-bond donors (Lipinski definition) is 2. The van der Waals surface area contributed by atoms with Crippen LogP contribution in [0, 0.1) is 0 Å².